The molecule has 0 saturated heterocycles. The smallest absolute Gasteiger partial charge is 0.325 e. The normalized spacial score (nSPS) is 18.9. The minimum Gasteiger partial charge on any atom is -0.465 e. The summed E-state index contributed by atoms with van der Waals surface area (Å²) in [5.74, 6) is -0.173. The second-order valence-corrected chi connectivity index (χ2v) is 4.58. The molecule has 0 aliphatic heterocycles. The second-order valence-electron chi connectivity index (χ2n) is 4.58. The Labute approximate surface area is 102 Å². The molecule has 1 aliphatic carbocycles. The van der Waals surface area contributed by atoms with Gasteiger partial charge >= 0.3 is 5.97 Å². The molecule has 2 N–H and O–H groups in total. The molecule has 0 spiro atoms. The highest BCUT2D eigenvalue weighted by atomic mass is 16.5. The van der Waals surface area contributed by atoms with Crippen molar-refractivity contribution in [2.45, 2.75) is 45.7 Å². The van der Waals surface area contributed by atoms with Crippen molar-refractivity contribution in [3.05, 3.63) is 23.0 Å². The lowest BCUT2D eigenvalue weighted by molar-refractivity contribution is -0.143. The van der Waals surface area contributed by atoms with Crippen LogP contribution in [0.3, 0.4) is 0 Å². The van der Waals surface area contributed by atoms with Gasteiger partial charge in [0, 0.05) is 17.4 Å². The van der Waals surface area contributed by atoms with E-state index in [1.54, 1.807) is 0 Å². The molecule has 17 heavy (non-hydrogen) atoms. The number of ether oxygens (including phenoxy) is 1. The van der Waals surface area contributed by atoms with E-state index >= 15 is 0 Å². The van der Waals surface area contributed by atoms with E-state index in [1.165, 1.54) is 11.3 Å². The fraction of sp³-hybridized carbons (Fsp3) is 0.615. The van der Waals surface area contributed by atoms with E-state index in [0.29, 0.717) is 13.2 Å². The highest BCUT2D eigenvalue weighted by molar-refractivity contribution is 5.69. The van der Waals surface area contributed by atoms with E-state index in [9.17, 15) is 4.79 Å². The van der Waals surface area contributed by atoms with Gasteiger partial charge in [-0.15, -0.1) is 0 Å². The van der Waals surface area contributed by atoms with E-state index in [4.69, 9.17) is 10.5 Å². The highest BCUT2D eigenvalue weighted by Crippen LogP contribution is 2.30. The average Bonchev–Trinajstić information content (AvgIpc) is 2.58. The third-order valence-electron chi connectivity index (χ3n) is 3.37. The first-order chi connectivity index (χ1) is 8.13. The van der Waals surface area contributed by atoms with Gasteiger partial charge in [0.2, 0.25) is 0 Å². The Bertz CT molecular complexity index is 423. The van der Waals surface area contributed by atoms with Gasteiger partial charge in [0.15, 0.2) is 0 Å². The van der Waals surface area contributed by atoms with Crippen LogP contribution in [0.2, 0.25) is 0 Å². The highest BCUT2D eigenvalue weighted by Gasteiger charge is 2.23. The molecule has 0 amide bonds. The molecule has 4 nitrogen and oxygen atoms in total. The van der Waals surface area contributed by atoms with Crippen LogP contribution >= 0.6 is 0 Å². The molecule has 4 heteroatoms. The molecule has 94 valence electrons. The van der Waals surface area contributed by atoms with E-state index in [0.717, 1.165) is 25.0 Å². The zero-order valence-electron chi connectivity index (χ0n) is 10.5. The van der Waals surface area contributed by atoms with Crippen molar-refractivity contribution < 1.29 is 9.53 Å². The molecule has 1 aliphatic rings. The van der Waals surface area contributed by atoms with Crippen molar-refractivity contribution in [3.8, 4) is 0 Å². The van der Waals surface area contributed by atoms with Crippen LogP contribution in [-0.4, -0.2) is 17.1 Å². The SMILES string of the molecule is CCOC(=O)Cn1c(C)cc2c1CCCC2N. The molecule has 0 bridgehead atoms. The number of nitrogens with two attached hydrogens (primary N) is 1. The zero-order valence-corrected chi connectivity index (χ0v) is 10.5. The summed E-state index contributed by atoms with van der Waals surface area (Å²) in [4.78, 5) is 11.6. The Morgan fingerprint density at radius 3 is 3.12 bits per heavy atom. The van der Waals surface area contributed by atoms with Gasteiger partial charge in [-0.3, -0.25) is 4.79 Å². The largest absolute Gasteiger partial charge is 0.465 e. The Hall–Kier alpha value is -1.29. The molecule has 1 aromatic rings. The number of carbonyl (C=O) groups excluding carboxylic acids is 1. The van der Waals surface area contributed by atoms with Gasteiger partial charge < -0.3 is 15.0 Å². The summed E-state index contributed by atoms with van der Waals surface area (Å²) in [6.45, 7) is 4.58. The summed E-state index contributed by atoms with van der Waals surface area (Å²) in [6, 6.07) is 2.24. The van der Waals surface area contributed by atoms with Gasteiger partial charge in [-0.25, -0.2) is 0 Å². The third kappa shape index (κ3) is 2.36. The fourth-order valence-electron chi connectivity index (χ4n) is 2.56. The molecule has 0 radical (unpaired) electrons. The van der Waals surface area contributed by atoms with Gasteiger partial charge in [0.25, 0.3) is 0 Å². The van der Waals surface area contributed by atoms with Gasteiger partial charge in [-0.1, -0.05) is 0 Å². The van der Waals surface area contributed by atoms with Crippen molar-refractivity contribution in [3.63, 3.8) is 0 Å². The fourth-order valence-corrected chi connectivity index (χ4v) is 2.56. The van der Waals surface area contributed by atoms with Crippen LogP contribution in [0, 0.1) is 6.92 Å². The van der Waals surface area contributed by atoms with E-state index < -0.39 is 0 Å². The zero-order chi connectivity index (χ0) is 12.4. The van der Waals surface area contributed by atoms with Crippen LogP contribution in [0.25, 0.3) is 0 Å². The molecule has 0 saturated carbocycles. The molecule has 0 aromatic carbocycles. The Morgan fingerprint density at radius 2 is 2.41 bits per heavy atom. The Morgan fingerprint density at radius 1 is 1.65 bits per heavy atom. The predicted octanol–water partition coefficient (Wildman–Crippen LogP) is 1.70. The molecule has 1 atom stereocenters. The lowest BCUT2D eigenvalue weighted by atomic mass is 9.93. The van der Waals surface area contributed by atoms with Crippen molar-refractivity contribution >= 4 is 5.97 Å². The molecular weight excluding hydrogens is 216 g/mol. The molecule has 1 aromatic heterocycles. The van der Waals surface area contributed by atoms with Crippen molar-refractivity contribution in [1.29, 1.82) is 0 Å². The van der Waals surface area contributed by atoms with Crippen LogP contribution in [0.5, 0.6) is 0 Å². The maximum absolute atomic E-state index is 11.6. The lowest BCUT2D eigenvalue weighted by Gasteiger charge is -2.20. The standard InChI is InChI=1S/C13H20N2O2/c1-3-17-13(16)8-15-9(2)7-10-11(14)5-4-6-12(10)15/h7,11H,3-6,8,14H2,1-2H3. The van der Waals surface area contributed by atoms with E-state index in [-0.39, 0.29) is 12.0 Å². The first kappa shape index (κ1) is 12.2. The minimum absolute atomic E-state index is 0.126. The Balaban J connectivity index is 2.25. The van der Waals surface area contributed by atoms with E-state index in [2.05, 4.69) is 6.07 Å². The summed E-state index contributed by atoms with van der Waals surface area (Å²) < 4.78 is 7.04. The van der Waals surface area contributed by atoms with Gasteiger partial charge in [0.05, 0.1) is 6.61 Å². The summed E-state index contributed by atoms with van der Waals surface area (Å²) >= 11 is 0. The summed E-state index contributed by atoms with van der Waals surface area (Å²) in [7, 11) is 0. The second kappa shape index (κ2) is 4.92. The maximum atomic E-state index is 11.6. The summed E-state index contributed by atoms with van der Waals surface area (Å²) in [6.07, 6.45) is 3.15. The summed E-state index contributed by atoms with van der Waals surface area (Å²) in [5.41, 5.74) is 9.61. The number of carbonyl (C=O) groups is 1. The van der Waals surface area contributed by atoms with Gasteiger partial charge in [0.1, 0.15) is 6.54 Å². The molecular formula is C13H20N2O2. The maximum Gasteiger partial charge on any atom is 0.325 e. The number of rotatable bonds is 3. The number of aromatic nitrogens is 1. The number of aryl methyl sites for hydroxylation is 1. The number of hydrogen-bond acceptors (Lipinski definition) is 3. The lowest BCUT2D eigenvalue weighted by Crippen LogP contribution is -2.21. The average molecular weight is 236 g/mol. The third-order valence-corrected chi connectivity index (χ3v) is 3.37. The number of fused-ring (bicyclic) bond motifs is 1. The van der Waals surface area contributed by atoms with Crippen molar-refractivity contribution in [1.82, 2.24) is 4.57 Å². The molecule has 1 heterocycles. The number of nitrogens with zero attached hydrogens (tertiary/aromatic N) is 1. The first-order valence-electron chi connectivity index (χ1n) is 6.23. The van der Waals surface area contributed by atoms with Crippen LogP contribution in [0.4, 0.5) is 0 Å². The van der Waals surface area contributed by atoms with Crippen LogP contribution in [-0.2, 0) is 22.5 Å². The summed E-state index contributed by atoms with van der Waals surface area (Å²) in [5, 5.41) is 0. The number of hydrogen-bond donors (Lipinski definition) is 1. The van der Waals surface area contributed by atoms with E-state index in [1.807, 2.05) is 18.4 Å². The molecule has 2 rings (SSSR count). The number of esters is 1. The van der Waals surface area contributed by atoms with Crippen LogP contribution < -0.4 is 5.73 Å². The molecule has 1 unspecified atom stereocenters. The first-order valence-corrected chi connectivity index (χ1v) is 6.23. The van der Waals surface area contributed by atoms with Crippen molar-refractivity contribution in [2.24, 2.45) is 5.73 Å². The van der Waals surface area contributed by atoms with Crippen LogP contribution in [0.15, 0.2) is 6.07 Å². The van der Waals surface area contributed by atoms with Crippen molar-refractivity contribution in [2.75, 3.05) is 6.61 Å². The quantitative estimate of drug-likeness (QED) is 0.813. The van der Waals surface area contributed by atoms with Gasteiger partial charge in [-0.05, 0) is 44.7 Å². The monoisotopic (exact) mass is 236 g/mol. The predicted molar refractivity (Wildman–Crippen MR) is 65.7 cm³/mol. The Kier molecular flexibility index (Phi) is 3.52. The molecule has 0 fully saturated rings. The minimum atomic E-state index is -0.173. The van der Waals surface area contributed by atoms with Crippen LogP contribution in [0.1, 0.15) is 42.8 Å². The topological polar surface area (TPSA) is 57.2 Å². The van der Waals surface area contributed by atoms with Gasteiger partial charge in [-0.2, -0.15) is 0 Å².